The lowest BCUT2D eigenvalue weighted by molar-refractivity contribution is 0.286. The van der Waals surface area contributed by atoms with Gasteiger partial charge in [-0.05, 0) is 0 Å². The summed E-state index contributed by atoms with van der Waals surface area (Å²) in [5.74, 6) is -0.128. The highest BCUT2D eigenvalue weighted by Crippen LogP contribution is 1.91. The van der Waals surface area contributed by atoms with Gasteiger partial charge in [0, 0.05) is 5.75 Å². The van der Waals surface area contributed by atoms with Gasteiger partial charge in [-0.3, -0.25) is 0 Å². The van der Waals surface area contributed by atoms with Crippen LogP contribution in [-0.2, 0) is 0 Å². The maximum absolute atomic E-state index is 11.4. The molecule has 37 valence electrons. The van der Waals surface area contributed by atoms with E-state index in [4.69, 9.17) is 0 Å². The van der Waals surface area contributed by atoms with Gasteiger partial charge in [0.1, 0.15) is 12.8 Å². The Kier molecular flexibility index (Phi) is 3.52. The lowest BCUT2D eigenvalue weighted by Crippen LogP contribution is -2.02. The van der Waals surface area contributed by atoms with E-state index in [0.29, 0.717) is 0 Å². The highest BCUT2D eigenvalue weighted by Gasteiger charge is 1.98. The fourth-order valence-corrected chi connectivity index (χ4v) is 0.134. The molecule has 0 spiro atoms. The summed E-state index contributed by atoms with van der Waals surface area (Å²) in [5, 5.41) is 0. The molecule has 0 bridgehead atoms. The van der Waals surface area contributed by atoms with Crippen LogP contribution in [0, 0.1) is 0 Å². The van der Waals surface area contributed by atoms with Crippen LogP contribution >= 0.6 is 12.6 Å². The van der Waals surface area contributed by atoms with Gasteiger partial charge in [0.25, 0.3) is 0 Å². The molecule has 0 aliphatic rings. The molecule has 0 fully saturated rings. The van der Waals surface area contributed by atoms with E-state index in [-0.39, 0.29) is 5.75 Å². The molecule has 0 aromatic rings. The minimum Gasteiger partial charge on any atom is -0.248 e. The Morgan fingerprint density at radius 3 is 2.17 bits per heavy atom. The molecule has 0 amide bonds. The van der Waals surface area contributed by atoms with Crippen molar-refractivity contribution in [3.05, 3.63) is 0 Å². The monoisotopic (exact) mass is 111 g/mol. The van der Waals surface area contributed by atoms with Gasteiger partial charge in [-0.1, -0.05) is 12.6 Å². The van der Waals surface area contributed by atoms with Crippen molar-refractivity contribution in [3.63, 3.8) is 0 Å². The van der Waals surface area contributed by atoms with Crippen LogP contribution in [0.3, 0.4) is 0 Å². The average Bonchev–Trinajstić information content (AvgIpc) is 1.65. The summed E-state index contributed by atoms with van der Waals surface area (Å²) < 4.78 is 22.3. The van der Waals surface area contributed by atoms with Gasteiger partial charge in [0.2, 0.25) is 0 Å². The van der Waals surface area contributed by atoms with E-state index in [1.165, 1.54) is 0 Å². The first-order valence-corrected chi connectivity index (χ1v) is 2.17. The van der Waals surface area contributed by atoms with Crippen molar-refractivity contribution < 1.29 is 8.78 Å². The zero-order chi connectivity index (χ0) is 4.99. The summed E-state index contributed by atoms with van der Waals surface area (Å²) >= 11 is 4.16. The second kappa shape index (κ2) is 3.40. The first kappa shape index (κ1) is 6.21. The minimum atomic E-state index is -1.42. The zero-order valence-electron chi connectivity index (χ0n) is 3.16. The summed E-state index contributed by atoms with van der Waals surface area (Å²) in [6, 6.07) is 0. The molecule has 6 heavy (non-hydrogen) atoms. The van der Waals surface area contributed by atoms with Crippen molar-refractivity contribution in [1.29, 1.82) is 0 Å². The fraction of sp³-hybridized carbons (Fsp3) is 1.00. The highest BCUT2D eigenvalue weighted by molar-refractivity contribution is 7.80. The van der Waals surface area contributed by atoms with Crippen molar-refractivity contribution in [2.45, 2.75) is 6.17 Å². The van der Waals surface area contributed by atoms with Crippen molar-refractivity contribution in [2.24, 2.45) is 0 Å². The standard InChI is InChI=1S/C3H5F2S/c4-1-3(5)2-6/h3H,1-2H2. The van der Waals surface area contributed by atoms with Gasteiger partial charge in [-0.25, -0.2) is 8.78 Å². The third kappa shape index (κ3) is 2.45. The van der Waals surface area contributed by atoms with Crippen LogP contribution < -0.4 is 0 Å². The summed E-state index contributed by atoms with van der Waals surface area (Å²) in [6.07, 6.45) is -1.42. The number of hydrogen-bond acceptors (Lipinski definition) is 0. The Bertz CT molecular complexity index is 28.0. The average molecular weight is 111 g/mol. The lowest BCUT2D eigenvalue weighted by atomic mass is 10.5. The Morgan fingerprint density at radius 2 is 2.17 bits per heavy atom. The summed E-state index contributed by atoms with van der Waals surface area (Å²) in [7, 11) is 0. The van der Waals surface area contributed by atoms with Crippen LogP contribution in [0.25, 0.3) is 0 Å². The molecule has 0 aliphatic heterocycles. The quantitative estimate of drug-likeness (QED) is 0.506. The topological polar surface area (TPSA) is 0 Å². The SMILES string of the molecule is FCC(F)C[S]. The van der Waals surface area contributed by atoms with Gasteiger partial charge < -0.3 is 0 Å². The number of rotatable bonds is 2. The molecular weight excluding hydrogens is 106 g/mol. The maximum atomic E-state index is 11.4. The summed E-state index contributed by atoms with van der Waals surface area (Å²) in [6.45, 7) is -0.941. The van der Waals surface area contributed by atoms with Crippen LogP contribution in [0.5, 0.6) is 0 Å². The van der Waals surface area contributed by atoms with Crippen LogP contribution in [0.1, 0.15) is 0 Å². The van der Waals surface area contributed by atoms with E-state index in [9.17, 15) is 8.78 Å². The molecule has 0 aromatic carbocycles. The van der Waals surface area contributed by atoms with Crippen LogP contribution in [0.15, 0.2) is 0 Å². The predicted octanol–water partition coefficient (Wildman–Crippen LogP) is 1.49. The number of halogens is 2. The van der Waals surface area contributed by atoms with Crippen molar-refractivity contribution in [1.82, 2.24) is 0 Å². The first-order chi connectivity index (χ1) is 2.81. The van der Waals surface area contributed by atoms with E-state index in [0.717, 1.165) is 0 Å². The highest BCUT2D eigenvalue weighted by atomic mass is 32.1. The summed E-state index contributed by atoms with van der Waals surface area (Å²) in [4.78, 5) is 0. The van der Waals surface area contributed by atoms with Crippen molar-refractivity contribution in [2.75, 3.05) is 12.4 Å². The van der Waals surface area contributed by atoms with Gasteiger partial charge in [0.05, 0.1) is 0 Å². The van der Waals surface area contributed by atoms with Crippen LogP contribution in [0.2, 0.25) is 0 Å². The molecule has 0 saturated heterocycles. The van der Waals surface area contributed by atoms with Crippen molar-refractivity contribution >= 4 is 12.6 Å². The number of alkyl halides is 2. The van der Waals surface area contributed by atoms with E-state index >= 15 is 0 Å². The normalized spacial score (nSPS) is 14.5. The van der Waals surface area contributed by atoms with Crippen LogP contribution in [0.4, 0.5) is 8.78 Å². The Balaban J connectivity index is 2.75. The lowest BCUT2D eigenvalue weighted by Gasteiger charge is -1.90. The predicted molar refractivity (Wildman–Crippen MR) is 23.3 cm³/mol. The molecule has 3 heteroatoms. The van der Waals surface area contributed by atoms with Crippen molar-refractivity contribution in [3.8, 4) is 0 Å². The van der Waals surface area contributed by atoms with Gasteiger partial charge >= 0.3 is 0 Å². The molecule has 0 saturated carbocycles. The largest absolute Gasteiger partial charge is 0.248 e. The second-order valence-electron chi connectivity index (χ2n) is 0.918. The smallest absolute Gasteiger partial charge is 0.138 e. The molecule has 0 heterocycles. The van der Waals surface area contributed by atoms with Gasteiger partial charge in [-0.2, -0.15) is 0 Å². The molecule has 0 aromatic heterocycles. The first-order valence-electron chi connectivity index (χ1n) is 1.59. The number of hydrogen-bond donors (Lipinski definition) is 0. The Hall–Kier alpha value is 0.210. The summed E-state index contributed by atoms with van der Waals surface area (Å²) in [5.41, 5.74) is 0. The molecule has 1 atom stereocenters. The Labute approximate surface area is 41.0 Å². The van der Waals surface area contributed by atoms with E-state index in [1.54, 1.807) is 0 Å². The second-order valence-corrected chi connectivity index (χ2v) is 1.25. The molecule has 0 rings (SSSR count). The van der Waals surface area contributed by atoms with Gasteiger partial charge in [-0.15, -0.1) is 0 Å². The van der Waals surface area contributed by atoms with E-state index < -0.39 is 12.8 Å². The minimum absolute atomic E-state index is 0.128. The molecule has 0 nitrogen and oxygen atoms in total. The zero-order valence-corrected chi connectivity index (χ0v) is 3.97. The third-order valence-corrected chi connectivity index (χ3v) is 0.710. The maximum Gasteiger partial charge on any atom is 0.138 e. The molecule has 0 aliphatic carbocycles. The molecule has 1 radical (unpaired) electrons. The van der Waals surface area contributed by atoms with E-state index in [2.05, 4.69) is 12.6 Å². The molecule has 1 unspecified atom stereocenters. The molecule has 0 N–H and O–H groups in total. The third-order valence-electron chi connectivity index (χ3n) is 0.348. The van der Waals surface area contributed by atoms with Gasteiger partial charge in [0.15, 0.2) is 0 Å². The fourth-order valence-electron chi connectivity index (χ4n) is 0.0445. The van der Waals surface area contributed by atoms with E-state index in [1.807, 2.05) is 0 Å². The molecular formula is C3H5F2S. The van der Waals surface area contributed by atoms with Crippen LogP contribution in [-0.4, -0.2) is 18.6 Å². The Morgan fingerprint density at radius 1 is 1.67 bits per heavy atom.